The van der Waals surface area contributed by atoms with Gasteiger partial charge >= 0.3 is 6.03 Å². The number of imide groups is 1. The number of hydrogen-bond acceptors (Lipinski definition) is 3. The van der Waals surface area contributed by atoms with Gasteiger partial charge in [-0.3, -0.25) is 15.4 Å². The Balaban J connectivity index is 2.75. The van der Waals surface area contributed by atoms with Gasteiger partial charge in [0, 0.05) is 6.04 Å². The van der Waals surface area contributed by atoms with E-state index in [2.05, 4.69) is 24.5 Å². The number of urea groups is 1. The monoisotopic (exact) mass is 263 g/mol. The van der Waals surface area contributed by atoms with Crippen molar-refractivity contribution in [3.05, 3.63) is 35.9 Å². The Morgan fingerprint density at radius 3 is 2.16 bits per heavy atom. The van der Waals surface area contributed by atoms with Gasteiger partial charge in [-0.25, -0.2) is 4.79 Å². The molecule has 0 aliphatic carbocycles. The summed E-state index contributed by atoms with van der Waals surface area (Å²) >= 11 is 0. The van der Waals surface area contributed by atoms with Gasteiger partial charge in [0.25, 0.3) is 0 Å². The lowest BCUT2D eigenvalue weighted by molar-refractivity contribution is -0.121. The number of hydrogen-bond donors (Lipinski definition) is 3. The zero-order valence-corrected chi connectivity index (χ0v) is 11.5. The van der Waals surface area contributed by atoms with E-state index in [9.17, 15) is 9.59 Å². The molecule has 0 heterocycles. The van der Waals surface area contributed by atoms with Crippen molar-refractivity contribution >= 4 is 11.9 Å². The Hall–Kier alpha value is -1.88. The van der Waals surface area contributed by atoms with Crippen molar-refractivity contribution in [3.63, 3.8) is 0 Å². The molecule has 0 aromatic heterocycles. The van der Waals surface area contributed by atoms with Crippen molar-refractivity contribution in [2.45, 2.75) is 32.9 Å². The van der Waals surface area contributed by atoms with Crippen LogP contribution in [0.15, 0.2) is 30.3 Å². The summed E-state index contributed by atoms with van der Waals surface area (Å²) in [5.74, 6) is -0.111. The summed E-state index contributed by atoms with van der Waals surface area (Å²) in [6, 6.07) is 8.59. The largest absolute Gasteiger partial charge is 0.351 e. The van der Waals surface area contributed by atoms with E-state index in [4.69, 9.17) is 5.73 Å². The molecule has 2 atom stereocenters. The topological polar surface area (TPSA) is 84.2 Å². The molecule has 0 saturated heterocycles. The van der Waals surface area contributed by atoms with Crippen molar-refractivity contribution in [2.75, 3.05) is 0 Å². The Morgan fingerprint density at radius 1 is 1.11 bits per heavy atom. The summed E-state index contributed by atoms with van der Waals surface area (Å²) in [6.45, 7) is 5.85. The first-order valence-electron chi connectivity index (χ1n) is 6.33. The molecule has 0 aliphatic heterocycles. The fraction of sp³-hybridized carbons (Fsp3) is 0.429. The van der Waals surface area contributed by atoms with Crippen LogP contribution in [0.2, 0.25) is 0 Å². The maximum Gasteiger partial charge on any atom is 0.318 e. The van der Waals surface area contributed by atoms with Gasteiger partial charge in [0.05, 0.1) is 6.04 Å². The Kier molecular flexibility index (Phi) is 5.51. The van der Waals surface area contributed by atoms with Crippen molar-refractivity contribution in [2.24, 2.45) is 11.7 Å². The molecule has 19 heavy (non-hydrogen) atoms. The molecular weight excluding hydrogens is 242 g/mol. The predicted molar refractivity (Wildman–Crippen MR) is 74.3 cm³/mol. The molecule has 0 fully saturated rings. The maximum atomic E-state index is 11.7. The molecule has 1 aromatic carbocycles. The van der Waals surface area contributed by atoms with E-state index >= 15 is 0 Å². The van der Waals surface area contributed by atoms with Crippen LogP contribution in [0.4, 0.5) is 4.79 Å². The summed E-state index contributed by atoms with van der Waals surface area (Å²) in [6.07, 6.45) is 0. The van der Waals surface area contributed by atoms with Crippen molar-refractivity contribution in [1.29, 1.82) is 0 Å². The summed E-state index contributed by atoms with van der Waals surface area (Å²) in [5.41, 5.74) is 6.04. The van der Waals surface area contributed by atoms with Crippen LogP contribution in [0.1, 0.15) is 32.4 Å². The number of rotatable bonds is 5. The minimum atomic E-state index is -0.834. The second-order valence-corrected chi connectivity index (χ2v) is 4.87. The normalized spacial score (nSPS) is 13.9. The average molecular weight is 263 g/mol. The van der Waals surface area contributed by atoms with Crippen LogP contribution >= 0.6 is 0 Å². The van der Waals surface area contributed by atoms with Crippen LogP contribution in [0.25, 0.3) is 0 Å². The van der Waals surface area contributed by atoms with E-state index < -0.39 is 18.0 Å². The third-order valence-electron chi connectivity index (χ3n) is 2.89. The Labute approximate surface area is 113 Å². The second-order valence-electron chi connectivity index (χ2n) is 4.87. The Bertz CT molecular complexity index is 432. The van der Waals surface area contributed by atoms with E-state index in [1.807, 2.05) is 30.3 Å². The quantitative estimate of drug-likeness (QED) is 0.753. The average Bonchev–Trinajstić information content (AvgIpc) is 2.35. The van der Waals surface area contributed by atoms with E-state index in [1.165, 1.54) is 0 Å². The number of nitrogens with two attached hydrogens (primary N) is 1. The molecule has 0 unspecified atom stereocenters. The first-order valence-corrected chi connectivity index (χ1v) is 6.33. The molecule has 5 heteroatoms. The predicted octanol–water partition coefficient (Wildman–Crippen LogP) is 1.56. The lowest BCUT2D eigenvalue weighted by atomic mass is 9.95. The van der Waals surface area contributed by atoms with Crippen LogP contribution in [-0.4, -0.2) is 18.0 Å². The Morgan fingerprint density at radius 2 is 1.68 bits per heavy atom. The van der Waals surface area contributed by atoms with E-state index in [-0.39, 0.29) is 6.04 Å². The highest BCUT2D eigenvalue weighted by atomic mass is 16.2. The molecule has 5 nitrogen and oxygen atoms in total. The van der Waals surface area contributed by atoms with Gasteiger partial charge in [-0.05, 0) is 18.4 Å². The van der Waals surface area contributed by atoms with Crippen molar-refractivity contribution < 1.29 is 9.59 Å². The molecule has 1 rings (SSSR count). The van der Waals surface area contributed by atoms with Gasteiger partial charge in [-0.15, -0.1) is 0 Å². The lowest BCUT2D eigenvalue weighted by Gasteiger charge is -2.26. The highest BCUT2D eigenvalue weighted by Gasteiger charge is 2.22. The molecule has 3 amide bonds. The van der Waals surface area contributed by atoms with Crippen molar-refractivity contribution in [1.82, 2.24) is 10.6 Å². The number of benzene rings is 1. The number of primary amides is 1. The lowest BCUT2D eigenvalue weighted by Crippen LogP contribution is -2.48. The van der Waals surface area contributed by atoms with Crippen LogP contribution in [-0.2, 0) is 4.79 Å². The number of amides is 3. The summed E-state index contributed by atoms with van der Waals surface area (Å²) < 4.78 is 0. The number of nitrogens with one attached hydrogen (secondary N) is 2. The molecule has 1 aromatic rings. The summed E-state index contributed by atoms with van der Waals surface area (Å²) in [5, 5.41) is 5.29. The SMILES string of the molecule is CC(C)[C@@H](N[C@@H](C)C(=O)NC(N)=O)c1ccccc1. The number of carbonyl (C=O) groups is 2. The fourth-order valence-corrected chi connectivity index (χ4v) is 1.91. The van der Waals surface area contributed by atoms with E-state index in [0.29, 0.717) is 5.92 Å². The van der Waals surface area contributed by atoms with Gasteiger partial charge < -0.3 is 5.73 Å². The van der Waals surface area contributed by atoms with Crippen LogP contribution in [0, 0.1) is 5.92 Å². The van der Waals surface area contributed by atoms with Gasteiger partial charge in [0.15, 0.2) is 0 Å². The zero-order chi connectivity index (χ0) is 14.4. The minimum absolute atomic E-state index is 0.0369. The molecule has 0 aliphatic rings. The molecule has 0 bridgehead atoms. The zero-order valence-electron chi connectivity index (χ0n) is 11.5. The smallest absolute Gasteiger partial charge is 0.318 e. The molecule has 104 valence electrons. The van der Waals surface area contributed by atoms with Crippen LogP contribution in [0.3, 0.4) is 0 Å². The summed E-state index contributed by atoms with van der Waals surface area (Å²) in [7, 11) is 0. The highest BCUT2D eigenvalue weighted by Crippen LogP contribution is 2.21. The molecule has 0 radical (unpaired) electrons. The van der Waals surface area contributed by atoms with Gasteiger partial charge in [-0.2, -0.15) is 0 Å². The number of carbonyl (C=O) groups excluding carboxylic acids is 2. The van der Waals surface area contributed by atoms with Gasteiger partial charge in [-0.1, -0.05) is 44.2 Å². The molecule has 0 saturated carbocycles. The fourth-order valence-electron chi connectivity index (χ4n) is 1.91. The molecule has 4 N–H and O–H groups in total. The third kappa shape index (κ3) is 4.71. The first kappa shape index (κ1) is 15.2. The highest BCUT2D eigenvalue weighted by molar-refractivity contribution is 5.96. The second kappa shape index (κ2) is 6.89. The maximum absolute atomic E-state index is 11.7. The van der Waals surface area contributed by atoms with E-state index in [0.717, 1.165) is 5.56 Å². The van der Waals surface area contributed by atoms with Gasteiger partial charge in [0.1, 0.15) is 0 Å². The minimum Gasteiger partial charge on any atom is -0.351 e. The molecular formula is C14H21N3O2. The third-order valence-corrected chi connectivity index (χ3v) is 2.89. The standard InChI is InChI=1S/C14H21N3O2/c1-9(2)12(11-7-5-4-6-8-11)16-10(3)13(18)17-14(15)19/h4-10,12,16H,1-3H3,(H3,15,17,18,19)/t10-,12+/m0/s1. The summed E-state index contributed by atoms with van der Waals surface area (Å²) in [4.78, 5) is 22.3. The van der Waals surface area contributed by atoms with Crippen LogP contribution < -0.4 is 16.4 Å². The first-order chi connectivity index (χ1) is 8.91. The van der Waals surface area contributed by atoms with Crippen molar-refractivity contribution in [3.8, 4) is 0 Å². The van der Waals surface area contributed by atoms with Gasteiger partial charge in [0.2, 0.25) is 5.91 Å². The molecule has 0 spiro atoms. The van der Waals surface area contributed by atoms with Crippen LogP contribution in [0.5, 0.6) is 0 Å². The van der Waals surface area contributed by atoms with E-state index in [1.54, 1.807) is 6.92 Å².